The Morgan fingerprint density at radius 1 is 0.349 bits per heavy atom. The molecular weight excluding hydrogens is 777 g/mol. The third-order valence-corrected chi connectivity index (χ3v) is 11.9. The summed E-state index contributed by atoms with van der Waals surface area (Å²) in [7, 11) is 0. The van der Waals surface area contributed by atoms with Crippen molar-refractivity contribution in [3.8, 4) is 62.5 Å². The highest BCUT2D eigenvalue weighted by Gasteiger charge is 2.24. The van der Waals surface area contributed by atoms with Gasteiger partial charge in [0.1, 0.15) is 28.0 Å². The van der Waals surface area contributed by atoms with Crippen LogP contribution in [0.4, 0.5) is 0 Å². The lowest BCUT2D eigenvalue weighted by molar-refractivity contribution is 0.666. The lowest BCUT2D eigenvalue weighted by Gasteiger charge is -2.10. The molecular formula is C55H32N6O2. The van der Waals surface area contributed by atoms with Gasteiger partial charge in [-0.25, -0.2) is 24.9 Å². The Kier molecular flexibility index (Phi) is 7.74. The van der Waals surface area contributed by atoms with Crippen LogP contribution in [0.3, 0.4) is 0 Å². The molecule has 0 spiro atoms. The number of furan rings is 2. The lowest BCUT2D eigenvalue weighted by Crippen LogP contribution is -2.00. The van der Waals surface area contributed by atoms with Crippen molar-refractivity contribution in [2.75, 3.05) is 0 Å². The molecule has 63 heavy (non-hydrogen) atoms. The van der Waals surface area contributed by atoms with E-state index in [-0.39, 0.29) is 0 Å². The Morgan fingerprint density at radius 3 is 1.70 bits per heavy atom. The van der Waals surface area contributed by atoms with Crippen LogP contribution in [-0.4, -0.2) is 29.5 Å². The standard InChI is InChI=1S/C55H32N6O2/c1-4-16-33(17-5-1)52-58-53(34-18-6-2-7-19-34)60-54(59-52)41-25-15-29-46-47(41)40-24-14-26-42(50(40)63-46)55-56-48(51-49(57-55)39-23-11-13-28-45(39)62-51)35-30-31-38-37-22-10-12-27-43(37)61(44(38)32-35)36-20-8-3-9-21-36/h1-32H. The summed E-state index contributed by atoms with van der Waals surface area (Å²) in [5.41, 5.74) is 11.8. The first-order valence-electron chi connectivity index (χ1n) is 20.8. The van der Waals surface area contributed by atoms with E-state index in [2.05, 4.69) is 77.4 Å². The SMILES string of the molecule is c1ccc(-c2nc(-c3ccccc3)nc(-c3cccc4oc5c(-c6nc(-c7ccc8c9ccccc9n(-c9ccccc9)c8c7)c7oc8ccccc8c7n6)cccc5c34)n2)cc1. The van der Waals surface area contributed by atoms with Crippen LogP contribution >= 0.6 is 0 Å². The highest BCUT2D eigenvalue weighted by molar-refractivity contribution is 6.16. The van der Waals surface area contributed by atoms with Crippen LogP contribution < -0.4 is 0 Å². The highest BCUT2D eigenvalue weighted by Crippen LogP contribution is 2.43. The third kappa shape index (κ3) is 5.58. The summed E-state index contributed by atoms with van der Waals surface area (Å²) in [6, 6.07) is 65.8. The summed E-state index contributed by atoms with van der Waals surface area (Å²) in [5, 5.41) is 5.04. The van der Waals surface area contributed by atoms with Crippen molar-refractivity contribution < 1.29 is 8.83 Å². The van der Waals surface area contributed by atoms with E-state index in [9.17, 15) is 0 Å². The molecule has 294 valence electrons. The van der Waals surface area contributed by atoms with Gasteiger partial charge in [-0.15, -0.1) is 0 Å². The van der Waals surface area contributed by atoms with Crippen LogP contribution in [0.15, 0.2) is 203 Å². The maximum absolute atomic E-state index is 6.83. The molecule has 5 heterocycles. The maximum atomic E-state index is 6.83. The number of para-hydroxylation sites is 4. The van der Waals surface area contributed by atoms with E-state index in [1.165, 1.54) is 5.39 Å². The van der Waals surface area contributed by atoms with Crippen LogP contribution in [0.1, 0.15) is 0 Å². The van der Waals surface area contributed by atoms with Crippen LogP contribution in [0.2, 0.25) is 0 Å². The van der Waals surface area contributed by atoms with Gasteiger partial charge < -0.3 is 13.4 Å². The third-order valence-electron chi connectivity index (χ3n) is 11.9. The molecule has 13 aromatic rings. The number of nitrogens with zero attached hydrogens (tertiary/aromatic N) is 6. The number of benzene rings is 8. The summed E-state index contributed by atoms with van der Waals surface area (Å²) in [4.78, 5) is 25.7. The average Bonchev–Trinajstić information content (AvgIpc) is 4.04. The second kappa shape index (κ2) is 13.9. The quantitative estimate of drug-likeness (QED) is 0.165. The molecule has 0 N–H and O–H groups in total. The molecule has 0 saturated carbocycles. The largest absolute Gasteiger partial charge is 0.455 e. The molecule has 0 unspecified atom stereocenters. The van der Waals surface area contributed by atoms with Crippen molar-refractivity contribution in [1.82, 2.24) is 29.5 Å². The van der Waals surface area contributed by atoms with E-state index in [0.717, 1.165) is 77.2 Å². The molecule has 13 rings (SSSR count). The number of hydrogen-bond donors (Lipinski definition) is 0. The van der Waals surface area contributed by atoms with Gasteiger partial charge in [-0.1, -0.05) is 146 Å². The molecule has 0 aliphatic heterocycles. The van der Waals surface area contributed by atoms with Crippen molar-refractivity contribution in [2.45, 2.75) is 0 Å². The first-order chi connectivity index (χ1) is 31.2. The Bertz CT molecular complexity index is 3850. The van der Waals surface area contributed by atoms with E-state index >= 15 is 0 Å². The fourth-order valence-corrected chi connectivity index (χ4v) is 9.02. The summed E-state index contributed by atoms with van der Waals surface area (Å²) >= 11 is 0. The number of rotatable bonds is 6. The molecule has 0 radical (unpaired) electrons. The zero-order chi connectivity index (χ0) is 41.4. The zero-order valence-corrected chi connectivity index (χ0v) is 33.5. The van der Waals surface area contributed by atoms with Crippen LogP contribution in [0.5, 0.6) is 0 Å². The molecule has 0 atom stereocenters. The van der Waals surface area contributed by atoms with Gasteiger partial charge in [-0.2, -0.15) is 0 Å². The van der Waals surface area contributed by atoms with Crippen molar-refractivity contribution in [2.24, 2.45) is 0 Å². The fraction of sp³-hybridized carbons (Fsp3) is 0. The second-order valence-electron chi connectivity index (χ2n) is 15.6. The van der Waals surface area contributed by atoms with Gasteiger partial charge in [0.25, 0.3) is 0 Å². The minimum absolute atomic E-state index is 0.525. The molecule has 0 aliphatic rings. The van der Waals surface area contributed by atoms with Gasteiger partial charge in [0, 0.05) is 54.9 Å². The fourth-order valence-electron chi connectivity index (χ4n) is 9.02. The maximum Gasteiger partial charge on any atom is 0.180 e. The molecule has 0 amide bonds. The van der Waals surface area contributed by atoms with Gasteiger partial charge in [0.2, 0.25) is 0 Å². The zero-order valence-electron chi connectivity index (χ0n) is 33.5. The van der Waals surface area contributed by atoms with E-state index in [1.807, 2.05) is 121 Å². The predicted molar refractivity (Wildman–Crippen MR) is 251 cm³/mol. The van der Waals surface area contributed by atoms with Gasteiger partial charge in [0.15, 0.2) is 28.9 Å². The Hall–Kier alpha value is -8.75. The first kappa shape index (κ1) is 35.0. The highest BCUT2D eigenvalue weighted by atomic mass is 16.3. The molecule has 8 aromatic carbocycles. The van der Waals surface area contributed by atoms with Crippen molar-refractivity contribution >= 4 is 65.8 Å². The van der Waals surface area contributed by atoms with Gasteiger partial charge in [0.05, 0.1) is 16.6 Å². The van der Waals surface area contributed by atoms with E-state index in [0.29, 0.717) is 45.7 Å². The summed E-state index contributed by atoms with van der Waals surface area (Å²) < 4.78 is 15.8. The molecule has 0 bridgehead atoms. The molecule has 0 fully saturated rings. The molecule has 5 aromatic heterocycles. The summed E-state index contributed by atoms with van der Waals surface area (Å²) in [6.07, 6.45) is 0. The second-order valence-corrected chi connectivity index (χ2v) is 15.6. The van der Waals surface area contributed by atoms with Crippen LogP contribution in [-0.2, 0) is 0 Å². The minimum Gasteiger partial charge on any atom is -0.455 e. The average molecular weight is 809 g/mol. The first-order valence-corrected chi connectivity index (χ1v) is 20.8. The predicted octanol–water partition coefficient (Wildman–Crippen LogP) is 13.9. The van der Waals surface area contributed by atoms with Gasteiger partial charge in [-0.05, 0) is 48.5 Å². The monoisotopic (exact) mass is 808 g/mol. The van der Waals surface area contributed by atoms with Gasteiger partial charge in [-0.3, -0.25) is 0 Å². The molecule has 0 aliphatic carbocycles. The Labute approximate surface area is 359 Å². The Morgan fingerprint density at radius 2 is 0.921 bits per heavy atom. The normalized spacial score (nSPS) is 11.8. The summed E-state index contributed by atoms with van der Waals surface area (Å²) in [5.74, 6) is 2.26. The van der Waals surface area contributed by atoms with Crippen LogP contribution in [0.25, 0.3) is 128 Å². The lowest BCUT2D eigenvalue weighted by atomic mass is 10.0. The molecule has 8 nitrogen and oxygen atoms in total. The van der Waals surface area contributed by atoms with Crippen molar-refractivity contribution in [1.29, 1.82) is 0 Å². The molecule has 0 saturated heterocycles. The van der Waals surface area contributed by atoms with Crippen LogP contribution in [0, 0.1) is 0 Å². The molecule has 8 heteroatoms. The summed E-state index contributed by atoms with van der Waals surface area (Å²) in [6.45, 7) is 0. The van der Waals surface area contributed by atoms with Crippen molar-refractivity contribution in [3.63, 3.8) is 0 Å². The van der Waals surface area contributed by atoms with E-state index in [1.54, 1.807) is 0 Å². The van der Waals surface area contributed by atoms with Crippen molar-refractivity contribution in [3.05, 3.63) is 194 Å². The smallest absolute Gasteiger partial charge is 0.180 e. The number of fused-ring (bicyclic) bond motifs is 9. The number of aromatic nitrogens is 6. The number of hydrogen-bond acceptors (Lipinski definition) is 7. The minimum atomic E-state index is 0.525. The van der Waals surface area contributed by atoms with Gasteiger partial charge >= 0.3 is 0 Å². The van der Waals surface area contributed by atoms with E-state index < -0.39 is 0 Å². The topological polar surface area (TPSA) is 95.7 Å². The van der Waals surface area contributed by atoms with E-state index in [4.69, 9.17) is 33.8 Å². The Balaban J connectivity index is 1.04.